The van der Waals surface area contributed by atoms with Crippen LogP contribution in [-0.2, 0) is 0 Å². The van der Waals surface area contributed by atoms with Gasteiger partial charge in [-0.2, -0.15) is 0 Å². The summed E-state index contributed by atoms with van der Waals surface area (Å²) in [6.07, 6.45) is 2.90. The van der Waals surface area contributed by atoms with Crippen molar-refractivity contribution in [2.75, 3.05) is 7.04 Å². The summed E-state index contributed by atoms with van der Waals surface area (Å²) in [6.45, 7) is 0. The van der Waals surface area contributed by atoms with Gasteiger partial charge < -0.3 is 9.72 Å². The van der Waals surface area contributed by atoms with E-state index in [2.05, 4.69) is 14.7 Å². The van der Waals surface area contributed by atoms with Gasteiger partial charge in [0.15, 0.2) is 0 Å². The highest BCUT2D eigenvalue weighted by Gasteiger charge is 1.83. The first kappa shape index (κ1) is 1.86. The van der Waals surface area contributed by atoms with E-state index in [-0.39, 0.29) is 6.01 Å². The van der Waals surface area contributed by atoms with Crippen molar-refractivity contribution in [1.29, 1.82) is 0 Å². The van der Waals surface area contributed by atoms with E-state index < -0.39 is 7.04 Å². The molecule has 3 nitrogen and oxygen atoms in total. The molecule has 0 aliphatic heterocycles. The number of methoxy groups -OCH3 is 1. The second-order valence-electron chi connectivity index (χ2n) is 0.996. The van der Waals surface area contributed by atoms with Crippen LogP contribution in [0.2, 0.25) is 0 Å². The molecular formula is C4H6N2O. The molecule has 1 aromatic heterocycles. The molecule has 3 heteroatoms. The second kappa shape index (κ2) is 1.64. The molecule has 0 aromatic carbocycles. The van der Waals surface area contributed by atoms with Crippen molar-refractivity contribution in [3.8, 4) is 6.01 Å². The first-order chi connectivity index (χ1) is 4.58. The van der Waals surface area contributed by atoms with Gasteiger partial charge >= 0.3 is 0 Å². The monoisotopic (exact) mass is 101 g/mol. The molecular weight excluding hydrogens is 92.1 g/mol. The number of imidazole rings is 1. The van der Waals surface area contributed by atoms with Gasteiger partial charge in [-0.25, -0.2) is 4.98 Å². The van der Waals surface area contributed by atoms with E-state index in [1.54, 1.807) is 0 Å². The van der Waals surface area contributed by atoms with Crippen LogP contribution in [0, 0.1) is 0 Å². The van der Waals surface area contributed by atoms with Crippen molar-refractivity contribution in [2.24, 2.45) is 0 Å². The fourth-order valence-corrected chi connectivity index (χ4v) is 0.307. The van der Waals surface area contributed by atoms with Gasteiger partial charge in [-0.3, -0.25) is 0 Å². The molecule has 0 atom stereocenters. The van der Waals surface area contributed by atoms with Gasteiger partial charge in [-0.15, -0.1) is 0 Å². The second-order valence-corrected chi connectivity index (χ2v) is 0.996. The third-order valence-electron chi connectivity index (χ3n) is 0.570. The average molecular weight is 101 g/mol. The Kier molecular flexibility index (Phi) is 0.435. The minimum atomic E-state index is -2.42. The Morgan fingerprint density at radius 3 is 3.71 bits per heavy atom. The van der Waals surface area contributed by atoms with Crippen LogP contribution in [0.5, 0.6) is 6.01 Å². The van der Waals surface area contributed by atoms with Crippen LogP contribution in [0.3, 0.4) is 0 Å². The lowest BCUT2D eigenvalue weighted by molar-refractivity contribution is 0.384. The van der Waals surface area contributed by atoms with E-state index in [9.17, 15) is 0 Å². The lowest BCUT2D eigenvalue weighted by atomic mass is 11.0. The van der Waals surface area contributed by atoms with E-state index in [4.69, 9.17) is 4.11 Å². The van der Waals surface area contributed by atoms with Crippen molar-refractivity contribution >= 4 is 0 Å². The maximum atomic E-state index is 6.66. The fourth-order valence-electron chi connectivity index (χ4n) is 0.307. The molecule has 0 fully saturated rings. The third-order valence-corrected chi connectivity index (χ3v) is 0.570. The van der Waals surface area contributed by atoms with Crippen LogP contribution in [0.4, 0.5) is 0 Å². The van der Waals surface area contributed by atoms with Crippen LogP contribution in [0.1, 0.15) is 4.11 Å². The quantitative estimate of drug-likeness (QED) is 0.556. The Labute approximate surface area is 45.6 Å². The van der Waals surface area contributed by atoms with E-state index in [1.165, 1.54) is 12.4 Å². The SMILES string of the molecule is [2H]C([2H])([2H])Oc1ncc[nH]1. The summed E-state index contributed by atoms with van der Waals surface area (Å²) >= 11 is 0. The van der Waals surface area contributed by atoms with Gasteiger partial charge in [0.05, 0.1) is 11.2 Å². The summed E-state index contributed by atoms with van der Waals surface area (Å²) in [5.74, 6) is 0. The van der Waals surface area contributed by atoms with Crippen molar-refractivity contribution in [3.63, 3.8) is 0 Å². The molecule has 0 saturated heterocycles. The first-order valence-electron chi connectivity index (χ1n) is 3.26. The summed E-state index contributed by atoms with van der Waals surface area (Å²) in [5, 5.41) is 0. The highest BCUT2D eigenvalue weighted by atomic mass is 16.5. The first-order valence-corrected chi connectivity index (χ1v) is 1.76. The predicted molar refractivity (Wildman–Crippen MR) is 25.1 cm³/mol. The molecule has 0 bridgehead atoms. The Morgan fingerprint density at radius 1 is 2.14 bits per heavy atom. The largest absolute Gasteiger partial charge is 0.468 e. The highest BCUT2D eigenvalue weighted by molar-refractivity contribution is 4.91. The molecule has 38 valence electrons. The molecule has 1 heterocycles. The molecule has 7 heavy (non-hydrogen) atoms. The summed E-state index contributed by atoms with van der Waals surface area (Å²) < 4.78 is 24.4. The summed E-state index contributed by atoms with van der Waals surface area (Å²) in [5.41, 5.74) is 0. The maximum Gasteiger partial charge on any atom is 0.293 e. The van der Waals surface area contributed by atoms with E-state index in [1.807, 2.05) is 0 Å². The number of hydrogen-bond donors (Lipinski definition) is 1. The number of rotatable bonds is 1. The van der Waals surface area contributed by atoms with Crippen LogP contribution < -0.4 is 4.74 Å². The summed E-state index contributed by atoms with van der Waals surface area (Å²) in [7, 11) is -2.42. The van der Waals surface area contributed by atoms with Crippen molar-refractivity contribution in [1.82, 2.24) is 9.97 Å². The fraction of sp³-hybridized carbons (Fsp3) is 0.250. The third kappa shape index (κ3) is 0.707. The zero-order valence-electron chi connectivity index (χ0n) is 6.51. The van der Waals surface area contributed by atoms with Crippen LogP contribution >= 0.6 is 0 Å². The molecule has 1 rings (SSSR count). The Hall–Kier alpha value is -0.990. The highest BCUT2D eigenvalue weighted by Crippen LogP contribution is 1.93. The number of nitrogens with zero attached hydrogens (tertiary/aromatic N) is 1. The number of H-pyrrole nitrogens is 1. The molecule has 0 spiro atoms. The Bertz CT molecular complexity index is 193. The predicted octanol–water partition coefficient (Wildman–Crippen LogP) is 0.418. The standard InChI is InChI=1S/C4H6N2O/c1-7-4-5-2-3-6-4/h2-3H,1H3,(H,5,6)/i1D3. The van der Waals surface area contributed by atoms with Gasteiger partial charge in [0.25, 0.3) is 6.01 Å². The zero-order chi connectivity index (χ0) is 7.61. The van der Waals surface area contributed by atoms with Crippen LogP contribution in [-0.4, -0.2) is 17.0 Å². The lowest BCUT2D eigenvalue weighted by Crippen LogP contribution is -1.81. The molecule has 0 unspecified atom stereocenters. The molecule has 0 aliphatic carbocycles. The number of nitrogens with one attached hydrogen (secondary N) is 1. The summed E-state index contributed by atoms with van der Waals surface area (Å²) in [6, 6.07) is 0.0139. The van der Waals surface area contributed by atoms with E-state index in [0.717, 1.165) is 0 Å². The number of aromatic nitrogens is 2. The summed E-state index contributed by atoms with van der Waals surface area (Å²) in [4.78, 5) is 6.06. The minimum absolute atomic E-state index is 0.0139. The lowest BCUT2D eigenvalue weighted by Gasteiger charge is -1.85. The molecule has 1 aromatic rings. The van der Waals surface area contributed by atoms with Gasteiger partial charge in [-0.05, 0) is 0 Å². The molecule has 1 N–H and O–H groups in total. The zero-order valence-corrected chi connectivity index (χ0v) is 3.51. The van der Waals surface area contributed by atoms with E-state index >= 15 is 0 Å². The topological polar surface area (TPSA) is 37.9 Å². The Balaban J connectivity index is 2.57. The molecule has 0 radical (unpaired) electrons. The van der Waals surface area contributed by atoms with Gasteiger partial charge in [0, 0.05) is 12.4 Å². The average Bonchev–Trinajstić information content (AvgIpc) is 2.12. The number of aromatic amines is 1. The minimum Gasteiger partial charge on any atom is -0.468 e. The normalized spacial score (nSPS) is 16.9. The van der Waals surface area contributed by atoms with Gasteiger partial charge in [-0.1, -0.05) is 0 Å². The molecule has 0 aliphatic rings. The molecule has 0 saturated carbocycles. The van der Waals surface area contributed by atoms with Crippen molar-refractivity contribution < 1.29 is 8.85 Å². The number of hydrogen-bond acceptors (Lipinski definition) is 2. The number of ether oxygens (including phenoxy) is 1. The van der Waals surface area contributed by atoms with Crippen molar-refractivity contribution in [3.05, 3.63) is 12.4 Å². The maximum absolute atomic E-state index is 6.66. The van der Waals surface area contributed by atoms with Gasteiger partial charge in [0.2, 0.25) is 0 Å². The van der Waals surface area contributed by atoms with Crippen LogP contribution in [0.15, 0.2) is 12.4 Å². The Morgan fingerprint density at radius 2 is 3.14 bits per heavy atom. The van der Waals surface area contributed by atoms with E-state index in [0.29, 0.717) is 0 Å². The van der Waals surface area contributed by atoms with Crippen molar-refractivity contribution in [2.45, 2.75) is 0 Å². The molecule has 0 amide bonds. The smallest absolute Gasteiger partial charge is 0.293 e. The van der Waals surface area contributed by atoms with Crippen LogP contribution in [0.25, 0.3) is 0 Å². The van der Waals surface area contributed by atoms with Gasteiger partial charge in [0.1, 0.15) is 0 Å².